The maximum Gasteiger partial charge on any atom is 0.263 e. The summed E-state index contributed by atoms with van der Waals surface area (Å²) in [5.74, 6) is 1.31. The molecule has 7 nitrogen and oxygen atoms in total. The van der Waals surface area contributed by atoms with Gasteiger partial charge in [0.25, 0.3) is 11.8 Å². The van der Waals surface area contributed by atoms with Crippen LogP contribution in [0.1, 0.15) is 44.7 Å². The first-order valence-corrected chi connectivity index (χ1v) is 12.5. The van der Waals surface area contributed by atoms with E-state index in [0.29, 0.717) is 28.5 Å². The highest BCUT2D eigenvalue weighted by Crippen LogP contribution is 2.36. The zero-order valence-corrected chi connectivity index (χ0v) is 20.4. The molecule has 3 aromatic rings. The van der Waals surface area contributed by atoms with Crippen molar-refractivity contribution in [1.82, 2.24) is 9.80 Å². The molecule has 1 fully saturated rings. The van der Waals surface area contributed by atoms with Crippen LogP contribution in [0.5, 0.6) is 11.5 Å². The highest BCUT2D eigenvalue weighted by atomic mass is 16.7. The van der Waals surface area contributed by atoms with Gasteiger partial charge in [0.2, 0.25) is 6.79 Å². The van der Waals surface area contributed by atoms with Crippen LogP contribution in [0.25, 0.3) is 0 Å². The summed E-state index contributed by atoms with van der Waals surface area (Å²) >= 11 is 0. The summed E-state index contributed by atoms with van der Waals surface area (Å²) in [5, 5.41) is 0. The third-order valence-corrected chi connectivity index (χ3v) is 7.37. The predicted octanol–water partition coefficient (Wildman–Crippen LogP) is 4.14. The lowest BCUT2D eigenvalue weighted by Gasteiger charge is -2.37. The first-order chi connectivity index (χ1) is 17.6. The van der Waals surface area contributed by atoms with Gasteiger partial charge in [-0.3, -0.25) is 19.4 Å². The molecule has 1 saturated heterocycles. The molecule has 184 valence electrons. The SMILES string of the molecule is C[C@@H](CN1CCN(c2cccc3c2C(=O)N(Cc2ccc4c(c2)OCO4)C3=O)CC1)c1ccccc1. The van der Waals surface area contributed by atoms with Crippen LogP contribution in [-0.2, 0) is 6.54 Å². The number of carbonyl (C=O) groups is 2. The van der Waals surface area contributed by atoms with Crippen molar-refractivity contribution in [1.29, 1.82) is 0 Å². The molecule has 6 rings (SSSR count). The number of amides is 2. The molecule has 3 aromatic carbocycles. The molecular weight excluding hydrogens is 454 g/mol. The first kappa shape index (κ1) is 22.6. The number of benzene rings is 3. The highest BCUT2D eigenvalue weighted by Gasteiger charge is 2.39. The van der Waals surface area contributed by atoms with Crippen molar-refractivity contribution in [2.75, 3.05) is 44.4 Å². The Kier molecular flexibility index (Phi) is 5.85. The molecule has 0 radical (unpaired) electrons. The van der Waals surface area contributed by atoms with Gasteiger partial charge in [0, 0.05) is 32.7 Å². The normalized spacial score (nSPS) is 18.0. The Hall–Kier alpha value is -3.84. The average molecular weight is 484 g/mol. The van der Waals surface area contributed by atoms with Gasteiger partial charge in [-0.2, -0.15) is 0 Å². The lowest BCUT2D eigenvalue weighted by molar-refractivity contribution is 0.0642. The van der Waals surface area contributed by atoms with E-state index in [-0.39, 0.29) is 25.2 Å². The fourth-order valence-electron chi connectivity index (χ4n) is 5.39. The van der Waals surface area contributed by atoms with Crippen LogP contribution in [0, 0.1) is 0 Å². The Morgan fingerprint density at radius 2 is 1.61 bits per heavy atom. The van der Waals surface area contributed by atoms with Crippen molar-refractivity contribution >= 4 is 17.5 Å². The molecule has 0 unspecified atom stereocenters. The van der Waals surface area contributed by atoms with E-state index in [1.165, 1.54) is 10.5 Å². The third-order valence-electron chi connectivity index (χ3n) is 7.37. The third kappa shape index (κ3) is 4.09. The molecule has 3 aliphatic heterocycles. The van der Waals surface area contributed by atoms with Crippen molar-refractivity contribution in [3.63, 3.8) is 0 Å². The minimum atomic E-state index is -0.246. The number of hydrogen-bond donors (Lipinski definition) is 0. The molecule has 36 heavy (non-hydrogen) atoms. The fourth-order valence-corrected chi connectivity index (χ4v) is 5.39. The Morgan fingerprint density at radius 3 is 2.42 bits per heavy atom. The zero-order chi connectivity index (χ0) is 24.6. The van der Waals surface area contributed by atoms with Gasteiger partial charge in [0.15, 0.2) is 11.5 Å². The van der Waals surface area contributed by atoms with Gasteiger partial charge in [0.05, 0.1) is 23.4 Å². The van der Waals surface area contributed by atoms with Crippen molar-refractivity contribution in [2.24, 2.45) is 0 Å². The largest absolute Gasteiger partial charge is 0.454 e. The molecule has 3 heterocycles. The molecular formula is C29H29N3O4. The number of piperazine rings is 1. The molecule has 0 aromatic heterocycles. The molecule has 7 heteroatoms. The number of ether oxygens (including phenoxy) is 2. The average Bonchev–Trinajstić information content (AvgIpc) is 3.48. The van der Waals surface area contributed by atoms with Crippen LogP contribution in [0.3, 0.4) is 0 Å². The van der Waals surface area contributed by atoms with E-state index < -0.39 is 0 Å². The van der Waals surface area contributed by atoms with Crippen LogP contribution in [0.2, 0.25) is 0 Å². The van der Waals surface area contributed by atoms with Gasteiger partial charge in [0.1, 0.15) is 0 Å². The molecule has 0 N–H and O–H groups in total. The number of fused-ring (bicyclic) bond motifs is 2. The van der Waals surface area contributed by atoms with Crippen LogP contribution in [0.4, 0.5) is 5.69 Å². The Bertz CT molecular complexity index is 1300. The number of carbonyl (C=O) groups excluding carboxylic acids is 2. The molecule has 2 amide bonds. The minimum absolute atomic E-state index is 0.188. The monoisotopic (exact) mass is 483 g/mol. The van der Waals surface area contributed by atoms with Gasteiger partial charge in [-0.05, 0) is 41.3 Å². The van der Waals surface area contributed by atoms with E-state index >= 15 is 0 Å². The Labute approximate surface area is 210 Å². The second kappa shape index (κ2) is 9.32. The number of imide groups is 1. The van der Waals surface area contributed by atoms with E-state index in [4.69, 9.17) is 9.47 Å². The van der Waals surface area contributed by atoms with Crippen molar-refractivity contribution in [3.05, 3.63) is 89.0 Å². The minimum Gasteiger partial charge on any atom is -0.454 e. The smallest absolute Gasteiger partial charge is 0.263 e. The van der Waals surface area contributed by atoms with E-state index in [0.717, 1.165) is 44.0 Å². The molecule has 1 atom stereocenters. The van der Waals surface area contributed by atoms with Gasteiger partial charge < -0.3 is 14.4 Å². The van der Waals surface area contributed by atoms with E-state index in [9.17, 15) is 9.59 Å². The van der Waals surface area contributed by atoms with E-state index in [1.54, 1.807) is 6.07 Å². The van der Waals surface area contributed by atoms with Gasteiger partial charge >= 0.3 is 0 Å². The van der Waals surface area contributed by atoms with Crippen LogP contribution in [-0.4, -0.2) is 61.1 Å². The Balaban J connectivity index is 1.15. The maximum atomic E-state index is 13.5. The topological polar surface area (TPSA) is 62.3 Å². The Morgan fingerprint density at radius 1 is 0.833 bits per heavy atom. The second-order valence-electron chi connectivity index (χ2n) is 9.68. The molecule has 3 aliphatic rings. The fraction of sp³-hybridized carbons (Fsp3) is 0.310. The second-order valence-corrected chi connectivity index (χ2v) is 9.68. The van der Waals surface area contributed by atoms with Crippen LogP contribution < -0.4 is 14.4 Å². The summed E-state index contributed by atoms with van der Waals surface area (Å²) in [5.41, 5.74) is 4.05. The molecule has 0 saturated carbocycles. The van der Waals surface area contributed by atoms with E-state index in [1.807, 2.05) is 30.3 Å². The van der Waals surface area contributed by atoms with Gasteiger partial charge in [-0.1, -0.05) is 49.4 Å². The predicted molar refractivity (Wildman–Crippen MR) is 137 cm³/mol. The maximum absolute atomic E-state index is 13.5. The van der Waals surface area contributed by atoms with Crippen LogP contribution in [0.15, 0.2) is 66.7 Å². The van der Waals surface area contributed by atoms with Gasteiger partial charge in [-0.25, -0.2) is 0 Å². The standard InChI is InChI=1S/C29H29N3O4/c1-20(22-6-3-2-4-7-22)17-30-12-14-31(15-13-30)24-9-5-8-23-27(24)29(34)32(28(23)33)18-21-10-11-25-26(16-21)36-19-35-25/h2-11,16,20H,12-15,17-19H2,1H3/t20-/m0/s1. The van der Waals surface area contributed by atoms with Crippen molar-refractivity contribution in [2.45, 2.75) is 19.4 Å². The summed E-state index contributed by atoms with van der Waals surface area (Å²) in [7, 11) is 0. The summed E-state index contributed by atoms with van der Waals surface area (Å²) in [4.78, 5) is 32.8. The van der Waals surface area contributed by atoms with Gasteiger partial charge in [-0.15, -0.1) is 0 Å². The van der Waals surface area contributed by atoms with E-state index in [2.05, 4.69) is 47.1 Å². The summed E-state index contributed by atoms with van der Waals surface area (Å²) in [6.07, 6.45) is 0. The summed E-state index contributed by atoms with van der Waals surface area (Å²) < 4.78 is 10.8. The number of rotatable bonds is 6. The quantitative estimate of drug-likeness (QED) is 0.491. The van der Waals surface area contributed by atoms with Crippen LogP contribution >= 0.6 is 0 Å². The zero-order valence-electron chi connectivity index (χ0n) is 20.4. The first-order valence-electron chi connectivity index (χ1n) is 12.5. The highest BCUT2D eigenvalue weighted by molar-refractivity contribution is 6.23. The molecule has 0 aliphatic carbocycles. The summed E-state index contributed by atoms with van der Waals surface area (Å²) in [6.45, 7) is 7.15. The van der Waals surface area contributed by atoms with Crippen molar-refractivity contribution < 1.29 is 19.1 Å². The molecule has 0 spiro atoms. The number of hydrogen-bond acceptors (Lipinski definition) is 6. The van der Waals surface area contributed by atoms with Crippen molar-refractivity contribution in [3.8, 4) is 11.5 Å². The lowest BCUT2D eigenvalue weighted by atomic mass is 10.0. The number of anilines is 1. The molecule has 0 bridgehead atoms. The lowest BCUT2D eigenvalue weighted by Crippen LogP contribution is -2.47. The number of nitrogens with zero attached hydrogens (tertiary/aromatic N) is 3. The summed E-state index contributed by atoms with van der Waals surface area (Å²) in [6, 6.07) is 21.7.